The normalized spacial score (nSPS) is 26.1. The molecule has 10 nitrogen and oxygen atoms in total. The van der Waals surface area contributed by atoms with Gasteiger partial charge in [0.25, 0.3) is 5.91 Å². The third-order valence-electron chi connectivity index (χ3n) is 12.6. The molecule has 1 spiro atoms. The van der Waals surface area contributed by atoms with E-state index in [4.69, 9.17) is 4.52 Å². The highest BCUT2D eigenvalue weighted by atomic mass is 32.1. The summed E-state index contributed by atoms with van der Waals surface area (Å²) in [4.78, 5) is 59.6. The van der Waals surface area contributed by atoms with Crippen LogP contribution in [0.25, 0.3) is 10.1 Å². The van der Waals surface area contributed by atoms with Crippen LogP contribution in [0.3, 0.4) is 0 Å². The van der Waals surface area contributed by atoms with Crippen molar-refractivity contribution < 1.29 is 45.9 Å². The molecular formula is C42H53F4N4O6PS. The molecule has 1 aromatic heterocycles. The highest BCUT2D eigenvalue weighted by molar-refractivity contribution is 7.53. The van der Waals surface area contributed by atoms with E-state index in [0.29, 0.717) is 55.3 Å². The average Bonchev–Trinajstić information content (AvgIpc) is 3.49. The Morgan fingerprint density at radius 1 is 1.09 bits per heavy atom. The predicted molar refractivity (Wildman–Crippen MR) is 214 cm³/mol. The molecule has 0 bridgehead atoms. The van der Waals surface area contributed by atoms with Crippen molar-refractivity contribution in [3.63, 3.8) is 0 Å². The van der Waals surface area contributed by atoms with Crippen LogP contribution in [0.2, 0.25) is 0 Å². The van der Waals surface area contributed by atoms with Gasteiger partial charge in [-0.25, -0.2) is 4.39 Å². The second-order valence-corrected chi connectivity index (χ2v) is 19.4. The number of hydrogen-bond acceptors (Lipinski definition) is 7. The number of benzene rings is 2. The van der Waals surface area contributed by atoms with Crippen LogP contribution < -0.4 is 5.32 Å². The quantitative estimate of drug-likeness (QED) is 0.123. The van der Waals surface area contributed by atoms with E-state index in [2.05, 4.69) is 17.4 Å². The fourth-order valence-electron chi connectivity index (χ4n) is 9.48. The number of amides is 3. The molecule has 3 aliphatic heterocycles. The Bertz CT molecular complexity index is 2010. The molecule has 7 atom stereocenters. The summed E-state index contributed by atoms with van der Waals surface area (Å²) in [6.45, 7) is 4.89. The van der Waals surface area contributed by atoms with Gasteiger partial charge in [-0.15, -0.1) is 11.3 Å². The zero-order valence-electron chi connectivity index (χ0n) is 33.0. The first-order valence-electron chi connectivity index (χ1n) is 20.6. The van der Waals surface area contributed by atoms with Crippen molar-refractivity contribution in [1.29, 1.82) is 0 Å². The Hall–Kier alpha value is -3.36. The molecule has 3 aromatic rings. The third-order valence-corrected chi connectivity index (χ3v) is 15.1. The van der Waals surface area contributed by atoms with Gasteiger partial charge in [0, 0.05) is 41.2 Å². The van der Waals surface area contributed by atoms with Gasteiger partial charge in [0.15, 0.2) is 0 Å². The van der Waals surface area contributed by atoms with Crippen molar-refractivity contribution in [2.24, 2.45) is 0 Å². The summed E-state index contributed by atoms with van der Waals surface area (Å²) in [5.41, 5.74) is 0.894. The smallest absolute Gasteiger partial charge is 0.340 e. The lowest BCUT2D eigenvalue weighted by atomic mass is 9.93. The van der Waals surface area contributed by atoms with Crippen molar-refractivity contribution in [2.45, 2.75) is 132 Å². The number of hydrogen-bond donors (Lipinski definition) is 2. The monoisotopic (exact) mass is 848 g/mol. The van der Waals surface area contributed by atoms with Gasteiger partial charge in [-0.3, -0.25) is 18.9 Å². The molecule has 4 fully saturated rings. The Morgan fingerprint density at radius 2 is 1.84 bits per heavy atom. The lowest BCUT2D eigenvalue weighted by molar-refractivity contribution is -0.148. The van der Waals surface area contributed by atoms with Gasteiger partial charge in [0.05, 0.1) is 11.5 Å². The molecule has 7 rings (SSSR count). The number of halogens is 4. The summed E-state index contributed by atoms with van der Waals surface area (Å²) >= 11 is 1.13. The minimum Gasteiger partial charge on any atom is -0.340 e. The molecule has 2 N–H and O–H groups in total. The molecule has 0 radical (unpaired) electrons. The van der Waals surface area contributed by atoms with E-state index in [-0.39, 0.29) is 71.8 Å². The van der Waals surface area contributed by atoms with Gasteiger partial charge < -0.3 is 29.4 Å². The summed E-state index contributed by atoms with van der Waals surface area (Å²) in [6, 6.07) is 13.9. The molecule has 4 heterocycles. The zero-order chi connectivity index (χ0) is 41.4. The number of likely N-dealkylation sites (tertiary alicyclic amines) is 1. The van der Waals surface area contributed by atoms with Crippen LogP contribution in [-0.4, -0.2) is 99.4 Å². The van der Waals surface area contributed by atoms with Crippen molar-refractivity contribution in [3.8, 4) is 0 Å². The SMILES string of the molecule is CCCOP(=O)(O)[C@@H](F)c1ccc2sc(C(=O)N[C@H]3CC[C@H](N(CC)CCCC(F)(F)F)C[C@H]4CC[C@@H](C(=O)N5C[C@H](c6ccccc6)CC56CC6)N4C3=O)cc2c1. The van der Waals surface area contributed by atoms with Gasteiger partial charge >= 0.3 is 13.8 Å². The number of rotatable bonds is 14. The number of fused-ring (bicyclic) bond motifs is 2. The summed E-state index contributed by atoms with van der Waals surface area (Å²) < 4.78 is 72.7. The van der Waals surface area contributed by atoms with E-state index in [0.717, 1.165) is 30.6 Å². The molecular weight excluding hydrogens is 796 g/mol. The molecule has 2 aromatic carbocycles. The minimum absolute atomic E-state index is 0.0551. The Morgan fingerprint density at radius 3 is 2.53 bits per heavy atom. The molecule has 4 aliphatic rings. The van der Waals surface area contributed by atoms with Crippen LogP contribution in [0.1, 0.15) is 117 Å². The summed E-state index contributed by atoms with van der Waals surface area (Å²) in [6.07, 6.45) is 0.140. The Kier molecular flexibility index (Phi) is 12.8. The van der Waals surface area contributed by atoms with E-state index < -0.39 is 44.1 Å². The van der Waals surface area contributed by atoms with Crippen molar-refractivity contribution in [2.75, 3.05) is 26.2 Å². The van der Waals surface area contributed by atoms with Crippen LogP contribution in [0, 0.1) is 0 Å². The first-order chi connectivity index (χ1) is 27.6. The molecule has 316 valence electrons. The van der Waals surface area contributed by atoms with E-state index in [1.807, 2.05) is 34.9 Å². The summed E-state index contributed by atoms with van der Waals surface area (Å²) in [5.74, 6) is -3.04. The average molecular weight is 849 g/mol. The number of thiophene rings is 1. The largest absolute Gasteiger partial charge is 0.389 e. The van der Waals surface area contributed by atoms with Crippen molar-refractivity contribution >= 4 is 46.7 Å². The lowest BCUT2D eigenvalue weighted by Crippen LogP contribution is -2.59. The number of nitrogens with zero attached hydrogens (tertiary/aromatic N) is 3. The van der Waals surface area contributed by atoms with Crippen molar-refractivity contribution in [3.05, 3.63) is 70.6 Å². The fourth-order valence-corrected chi connectivity index (χ4v) is 11.5. The molecule has 16 heteroatoms. The van der Waals surface area contributed by atoms with Gasteiger partial charge in [-0.05, 0) is 112 Å². The van der Waals surface area contributed by atoms with Crippen LogP contribution in [0.4, 0.5) is 17.6 Å². The molecule has 3 saturated heterocycles. The second-order valence-electron chi connectivity index (χ2n) is 16.5. The number of carbonyl (C=O) groups is 3. The highest BCUT2D eigenvalue weighted by Crippen LogP contribution is 2.58. The third kappa shape index (κ3) is 9.18. The van der Waals surface area contributed by atoms with Gasteiger partial charge in [0.1, 0.15) is 12.1 Å². The standard InChI is InChI=1S/C42H53F4N4O6PS/c1-3-21-56-57(54,55)37(43)28-11-16-35-29(22-28)23-36(58-35)38(51)47-33-14-12-31(48(4-2)20-8-17-42(44,45)46)24-32-13-15-34(50(32)39(33)52)40(53)49-26-30(25-41(49)18-19-41)27-9-6-5-7-10-27/h5-7,9-11,16,22-23,30-34,37H,3-4,8,12-15,17-21,24-26H2,1-2H3,(H,47,51)(H,54,55)/t30-,31+,32-,33+,34+,37-/m1/s1. The van der Waals surface area contributed by atoms with Gasteiger partial charge in [-0.2, -0.15) is 13.2 Å². The predicted octanol–water partition coefficient (Wildman–Crippen LogP) is 8.71. The number of alkyl halides is 4. The summed E-state index contributed by atoms with van der Waals surface area (Å²) in [5, 5.41) is 3.43. The highest BCUT2D eigenvalue weighted by Gasteiger charge is 2.58. The van der Waals surface area contributed by atoms with Crippen LogP contribution in [0.5, 0.6) is 0 Å². The zero-order valence-corrected chi connectivity index (χ0v) is 34.7. The second kappa shape index (κ2) is 17.3. The van der Waals surface area contributed by atoms with E-state index in [1.165, 1.54) is 17.7 Å². The van der Waals surface area contributed by atoms with Crippen LogP contribution in [0.15, 0.2) is 54.6 Å². The molecule has 3 amide bonds. The van der Waals surface area contributed by atoms with Crippen LogP contribution >= 0.6 is 18.9 Å². The molecule has 1 unspecified atom stereocenters. The van der Waals surface area contributed by atoms with E-state index in [1.54, 1.807) is 24.0 Å². The molecule has 1 aliphatic carbocycles. The van der Waals surface area contributed by atoms with Gasteiger partial charge in [-0.1, -0.05) is 50.2 Å². The Labute approximate surface area is 340 Å². The maximum atomic E-state index is 15.2. The molecule has 58 heavy (non-hydrogen) atoms. The van der Waals surface area contributed by atoms with Crippen LogP contribution in [-0.2, 0) is 18.7 Å². The minimum atomic E-state index is -4.59. The Balaban J connectivity index is 1.13. The van der Waals surface area contributed by atoms with E-state index in [9.17, 15) is 37.0 Å². The first-order valence-corrected chi connectivity index (χ1v) is 23.0. The van der Waals surface area contributed by atoms with E-state index >= 15 is 4.39 Å². The first kappa shape index (κ1) is 42.8. The maximum absolute atomic E-state index is 15.2. The van der Waals surface area contributed by atoms with Gasteiger partial charge in [0.2, 0.25) is 17.7 Å². The number of nitrogens with one attached hydrogen (secondary N) is 1. The maximum Gasteiger partial charge on any atom is 0.389 e. The number of carbonyl (C=O) groups excluding carboxylic acids is 3. The fraction of sp³-hybridized carbons (Fsp3) is 0.595. The summed E-state index contributed by atoms with van der Waals surface area (Å²) in [7, 11) is -4.59. The van der Waals surface area contributed by atoms with Crippen molar-refractivity contribution in [1.82, 2.24) is 20.0 Å². The molecule has 1 saturated carbocycles. The topological polar surface area (TPSA) is 119 Å². The lowest BCUT2D eigenvalue weighted by Gasteiger charge is -2.41.